The number of nitrogens with one attached hydrogen (secondary N) is 1. The highest BCUT2D eigenvalue weighted by Gasteiger charge is 2.34. The van der Waals surface area contributed by atoms with Gasteiger partial charge in [-0.3, -0.25) is 15.0 Å². The number of benzene rings is 3. The minimum Gasteiger partial charge on any atom is -0.488 e. The van der Waals surface area contributed by atoms with Gasteiger partial charge >= 0.3 is 0 Å². The maximum absolute atomic E-state index is 13.7. The van der Waals surface area contributed by atoms with E-state index >= 15 is 0 Å². The van der Waals surface area contributed by atoms with Gasteiger partial charge in [-0.05, 0) is 57.9 Å². The molecular formula is C23H16BrFN2O3. The first-order valence-corrected chi connectivity index (χ1v) is 9.90. The van der Waals surface area contributed by atoms with Crippen LogP contribution in [0.4, 0.5) is 10.1 Å². The van der Waals surface area contributed by atoms with E-state index in [1.807, 2.05) is 6.07 Å². The van der Waals surface area contributed by atoms with Crippen LogP contribution in [0.15, 0.2) is 82.8 Å². The van der Waals surface area contributed by atoms with Gasteiger partial charge in [0.05, 0.1) is 10.2 Å². The van der Waals surface area contributed by atoms with E-state index in [2.05, 4.69) is 21.4 Å². The van der Waals surface area contributed by atoms with Gasteiger partial charge in [0.15, 0.2) is 0 Å². The molecule has 1 aliphatic rings. The summed E-state index contributed by atoms with van der Waals surface area (Å²) in [6.07, 6.45) is 1.52. The van der Waals surface area contributed by atoms with Crippen LogP contribution in [0.3, 0.4) is 0 Å². The van der Waals surface area contributed by atoms with Gasteiger partial charge in [0, 0.05) is 5.56 Å². The molecule has 0 radical (unpaired) electrons. The zero-order valence-corrected chi connectivity index (χ0v) is 17.2. The first-order chi connectivity index (χ1) is 14.5. The molecule has 1 fully saturated rings. The minimum absolute atomic E-state index is 0.0331. The molecule has 2 amide bonds. The first-order valence-electron chi connectivity index (χ1n) is 9.11. The molecule has 0 bridgehead atoms. The molecule has 7 heteroatoms. The second-order valence-corrected chi connectivity index (χ2v) is 7.40. The van der Waals surface area contributed by atoms with Gasteiger partial charge in [-0.15, -0.1) is 0 Å². The third kappa shape index (κ3) is 4.11. The van der Waals surface area contributed by atoms with Crippen molar-refractivity contribution in [2.75, 3.05) is 5.01 Å². The monoisotopic (exact) mass is 466 g/mol. The normalized spacial score (nSPS) is 14.9. The molecule has 3 aromatic carbocycles. The van der Waals surface area contributed by atoms with Crippen molar-refractivity contribution in [1.29, 1.82) is 0 Å². The zero-order chi connectivity index (χ0) is 21.1. The summed E-state index contributed by atoms with van der Waals surface area (Å²) in [5.41, 5.74) is 4.27. The number of amides is 2. The quantitative estimate of drug-likeness (QED) is 0.440. The van der Waals surface area contributed by atoms with Crippen LogP contribution in [0.25, 0.3) is 6.08 Å². The summed E-state index contributed by atoms with van der Waals surface area (Å²) in [6, 6.07) is 20.4. The molecular weight excluding hydrogens is 451 g/mol. The van der Waals surface area contributed by atoms with E-state index in [4.69, 9.17) is 4.74 Å². The number of nitrogens with zero attached hydrogens (tertiary/aromatic N) is 1. The second-order valence-electron chi connectivity index (χ2n) is 6.54. The summed E-state index contributed by atoms with van der Waals surface area (Å²) in [5.74, 6) is -0.709. The average Bonchev–Trinajstić information content (AvgIpc) is 3.03. The molecule has 0 saturated carbocycles. The van der Waals surface area contributed by atoms with Crippen molar-refractivity contribution >= 4 is 39.5 Å². The van der Waals surface area contributed by atoms with Crippen molar-refractivity contribution < 1.29 is 18.7 Å². The predicted molar refractivity (Wildman–Crippen MR) is 115 cm³/mol. The Morgan fingerprint density at radius 3 is 2.47 bits per heavy atom. The number of rotatable bonds is 5. The van der Waals surface area contributed by atoms with Crippen LogP contribution < -0.4 is 15.2 Å². The Morgan fingerprint density at radius 2 is 1.73 bits per heavy atom. The molecule has 0 spiro atoms. The van der Waals surface area contributed by atoms with Gasteiger partial charge < -0.3 is 4.74 Å². The molecule has 3 aromatic rings. The molecule has 4 rings (SSSR count). The smallest absolute Gasteiger partial charge is 0.282 e. The number of anilines is 1. The fourth-order valence-corrected chi connectivity index (χ4v) is 3.49. The van der Waals surface area contributed by atoms with Crippen molar-refractivity contribution in [2.45, 2.75) is 6.61 Å². The third-order valence-corrected chi connectivity index (χ3v) is 5.13. The Hall–Kier alpha value is -3.45. The fourth-order valence-electron chi connectivity index (χ4n) is 2.98. The summed E-state index contributed by atoms with van der Waals surface area (Å²) >= 11 is 3.42. The van der Waals surface area contributed by atoms with Gasteiger partial charge in [-0.2, -0.15) is 0 Å². The van der Waals surface area contributed by atoms with Crippen LogP contribution in [0.2, 0.25) is 0 Å². The summed E-state index contributed by atoms with van der Waals surface area (Å²) in [4.78, 5) is 25.0. The van der Waals surface area contributed by atoms with Crippen LogP contribution in [-0.4, -0.2) is 11.8 Å². The van der Waals surface area contributed by atoms with E-state index in [1.54, 1.807) is 60.7 Å². The number of ether oxygens (including phenoxy) is 1. The van der Waals surface area contributed by atoms with Crippen molar-refractivity contribution in [1.82, 2.24) is 5.43 Å². The third-order valence-electron chi connectivity index (χ3n) is 4.51. The first kappa shape index (κ1) is 19.8. The van der Waals surface area contributed by atoms with Crippen molar-refractivity contribution in [3.05, 3.63) is 99.8 Å². The predicted octanol–water partition coefficient (Wildman–Crippen LogP) is 4.63. The number of carbonyl (C=O) groups excluding carboxylic acids is 2. The van der Waals surface area contributed by atoms with E-state index in [0.29, 0.717) is 27.0 Å². The molecule has 150 valence electrons. The molecule has 5 nitrogen and oxygen atoms in total. The summed E-state index contributed by atoms with van der Waals surface area (Å²) in [6.45, 7) is 0.0820. The standard InChI is InChI=1S/C23H16BrFN2O3/c24-19-13-15(10-11-21(19)30-14-16-6-4-5-9-20(16)25)12-18-22(28)26-27(23(18)29)17-7-2-1-3-8-17/h1-13H,14H2,(H,26,28). The van der Waals surface area contributed by atoms with Gasteiger partial charge in [0.25, 0.3) is 11.8 Å². The molecule has 1 heterocycles. The molecule has 0 unspecified atom stereocenters. The fraction of sp³-hybridized carbons (Fsp3) is 0.0435. The Kier molecular flexibility index (Phi) is 5.63. The van der Waals surface area contributed by atoms with Crippen LogP contribution in [-0.2, 0) is 16.2 Å². The topological polar surface area (TPSA) is 58.6 Å². The summed E-state index contributed by atoms with van der Waals surface area (Å²) in [7, 11) is 0. The zero-order valence-electron chi connectivity index (χ0n) is 15.6. The Labute approximate surface area is 180 Å². The molecule has 0 aromatic heterocycles. The van der Waals surface area contributed by atoms with Gasteiger partial charge in [-0.25, -0.2) is 9.40 Å². The number of halogens is 2. The van der Waals surface area contributed by atoms with Crippen LogP contribution in [0.5, 0.6) is 5.75 Å². The Bertz CT molecular complexity index is 1150. The summed E-state index contributed by atoms with van der Waals surface area (Å²) < 4.78 is 20.0. The highest BCUT2D eigenvalue weighted by molar-refractivity contribution is 9.10. The molecule has 1 saturated heterocycles. The molecule has 0 aliphatic carbocycles. The Morgan fingerprint density at radius 1 is 1.00 bits per heavy atom. The van der Waals surface area contributed by atoms with E-state index in [9.17, 15) is 14.0 Å². The lowest BCUT2D eigenvalue weighted by molar-refractivity contribution is -0.117. The number of para-hydroxylation sites is 1. The van der Waals surface area contributed by atoms with E-state index in [0.717, 1.165) is 0 Å². The lowest BCUT2D eigenvalue weighted by Crippen LogP contribution is -2.35. The van der Waals surface area contributed by atoms with Gasteiger partial charge in [0.2, 0.25) is 0 Å². The number of hydrogen-bond acceptors (Lipinski definition) is 3. The van der Waals surface area contributed by atoms with Gasteiger partial charge in [-0.1, -0.05) is 42.5 Å². The summed E-state index contributed by atoms with van der Waals surface area (Å²) in [5, 5.41) is 1.22. The maximum Gasteiger partial charge on any atom is 0.282 e. The minimum atomic E-state index is -0.472. The SMILES string of the molecule is O=C1NN(c2ccccc2)C(=O)C1=Cc1ccc(OCc2ccccc2F)c(Br)c1. The number of hydrazine groups is 1. The molecule has 1 N–H and O–H groups in total. The number of hydrogen-bond donors (Lipinski definition) is 1. The van der Waals surface area contributed by atoms with Crippen molar-refractivity contribution in [2.24, 2.45) is 0 Å². The van der Waals surface area contributed by atoms with Crippen molar-refractivity contribution in [3.8, 4) is 5.75 Å². The highest BCUT2D eigenvalue weighted by Crippen LogP contribution is 2.29. The molecule has 0 atom stereocenters. The van der Waals surface area contributed by atoms with Crippen molar-refractivity contribution in [3.63, 3.8) is 0 Å². The average molecular weight is 467 g/mol. The lowest BCUT2D eigenvalue weighted by atomic mass is 10.1. The van der Waals surface area contributed by atoms with Gasteiger partial charge in [0.1, 0.15) is 23.7 Å². The number of carbonyl (C=O) groups is 2. The van der Waals surface area contributed by atoms with Crippen LogP contribution >= 0.6 is 15.9 Å². The lowest BCUT2D eigenvalue weighted by Gasteiger charge is -2.13. The van der Waals surface area contributed by atoms with E-state index in [1.165, 1.54) is 17.2 Å². The van der Waals surface area contributed by atoms with E-state index in [-0.39, 0.29) is 18.0 Å². The highest BCUT2D eigenvalue weighted by atomic mass is 79.9. The van der Waals surface area contributed by atoms with Crippen LogP contribution in [0, 0.1) is 5.82 Å². The largest absolute Gasteiger partial charge is 0.488 e. The molecule has 1 aliphatic heterocycles. The van der Waals surface area contributed by atoms with Crippen LogP contribution in [0.1, 0.15) is 11.1 Å². The second kappa shape index (κ2) is 8.51. The molecule has 30 heavy (non-hydrogen) atoms. The maximum atomic E-state index is 13.7. The Balaban J connectivity index is 1.51. The van der Waals surface area contributed by atoms with E-state index < -0.39 is 11.8 Å².